The van der Waals surface area contributed by atoms with E-state index >= 15 is 0 Å². The molecule has 0 amide bonds. The molecule has 0 bridgehead atoms. The van der Waals surface area contributed by atoms with Crippen molar-refractivity contribution in [1.82, 2.24) is 4.31 Å². The van der Waals surface area contributed by atoms with Gasteiger partial charge >= 0.3 is 0 Å². The van der Waals surface area contributed by atoms with Crippen molar-refractivity contribution in [3.8, 4) is 11.8 Å². The van der Waals surface area contributed by atoms with E-state index in [0.29, 0.717) is 6.42 Å². The van der Waals surface area contributed by atoms with E-state index in [1.165, 1.54) is 4.31 Å². The lowest BCUT2D eigenvalue weighted by atomic mass is 10.2. The summed E-state index contributed by atoms with van der Waals surface area (Å²) < 4.78 is 27.0. The van der Waals surface area contributed by atoms with E-state index in [2.05, 4.69) is 25.0 Å². The summed E-state index contributed by atoms with van der Waals surface area (Å²) in [5.74, 6) is 5.56. The third-order valence-corrected chi connectivity index (χ3v) is 4.97. The molecule has 3 nitrogen and oxygen atoms in total. The van der Waals surface area contributed by atoms with Gasteiger partial charge in [0.1, 0.15) is 0 Å². The minimum absolute atomic E-state index is 0.136. The van der Waals surface area contributed by atoms with Crippen molar-refractivity contribution in [2.75, 3.05) is 6.54 Å². The van der Waals surface area contributed by atoms with Crippen LogP contribution < -0.4 is 0 Å². The van der Waals surface area contributed by atoms with Gasteiger partial charge in [-0.1, -0.05) is 35.8 Å². The van der Waals surface area contributed by atoms with Crippen molar-refractivity contribution in [3.63, 3.8) is 0 Å². The van der Waals surface area contributed by atoms with Crippen LogP contribution in [0.25, 0.3) is 0 Å². The second-order valence-electron chi connectivity index (χ2n) is 4.62. The zero-order valence-corrected chi connectivity index (χ0v) is 13.4. The molecule has 1 atom stereocenters. The number of sulfonamides is 1. The molecule has 0 aliphatic rings. The third kappa shape index (κ3) is 4.32. The Labute approximate surface area is 128 Å². The largest absolute Gasteiger partial charge is 0.244 e. The maximum Gasteiger partial charge on any atom is 0.244 e. The van der Waals surface area contributed by atoms with Crippen molar-refractivity contribution < 1.29 is 8.42 Å². The first kappa shape index (κ1) is 17.2. The summed E-state index contributed by atoms with van der Waals surface area (Å²) >= 11 is 0. The molecule has 0 spiro atoms. The molecule has 0 saturated carbocycles. The fraction of sp³-hybridized carbons (Fsp3) is 0.294. The number of rotatable bonds is 7. The molecule has 112 valence electrons. The molecule has 0 aliphatic carbocycles. The number of aryl methyl sites for hydroxylation is 1. The van der Waals surface area contributed by atoms with Gasteiger partial charge in [0.05, 0.1) is 11.4 Å². The van der Waals surface area contributed by atoms with Crippen LogP contribution in [0, 0.1) is 18.8 Å². The average molecular weight is 303 g/mol. The van der Waals surface area contributed by atoms with Crippen LogP contribution >= 0.6 is 0 Å². The van der Waals surface area contributed by atoms with Crippen LogP contribution in [0.3, 0.4) is 0 Å². The highest BCUT2D eigenvalue weighted by Crippen LogP contribution is 2.20. The Morgan fingerprint density at radius 3 is 2.38 bits per heavy atom. The van der Waals surface area contributed by atoms with Crippen LogP contribution in [0.2, 0.25) is 0 Å². The minimum atomic E-state index is -3.61. The number of hydrogen-bond acceptors (Lipinski definition) is 2. The van der Waals surface area contributed by atoms with Gasteiger partial charge in [0.2, 0.25) is 10.0 Å². The van der Waals surface area contributed by atoms with Gasteiger partial charge in [0.25, 0.3) is 0 Å². The highest BCUT2D eigenvalue weighted by atomic mass is 32.2. The molecular formula is C17H21NO2S. The summed E-state index contributed by atoms with van der Waals surface area (Å²) in [5, 5.41) is 0. The van der Waals surface area contributed by atoms with E-state index < -0.39 is 10.0 Å². The van der Waals surface area contributed by atoms with Gasteiger partial charge < -0.3 is 0 Å². The van der Waals surface area contributed by atoms with Gasteiger partial charge in [-0.25, -0.2) is 8.42 Å². The molecule has 0 aromatic heterocycles. The molecule has 1 rings (SSSR count). The van der Waals surface area contributed by atoms with Crippen LogP contribution in [-0.4, -0.2) is 25.3 Å². The zero-order chi connectivity index (χ0) is 15.9. The van der Waals surface area contributed by atoms with Crippen LogP contribution in [0.15, 0.2) is 54.5 Å². The second kappa shape index (κ2) is 7.82. The zero-order valence-electron chi connectivity index (χ0n) is 12.5. The summed E-state index contributed by atoms with van der Waals surface area (Å²) in [4.78, 5) is 0.266. The first-order chi connectivity index (χ1) is 9.97. The average Bonchev–Trinajstić information content (AvgIpc) is 2.46. The summed E-state index contributed by atoms with van der Waals surface area (Å²) in [7, 11) is -3.61. The molecule has 0 radical (unpaired) electrons. The Balaban J connectivity index is 3.26. The van der Waals surface area contributed by atoms with E-state index in [1.54, 1.807) is 43.3 Å². The molecule has 0 fully saturated rings. The van der Waals surface area contributed by atoms with Gasteiger partial charge in [-0.05, 0) is 32.4 Å². The predicted molar refractivity (Wildman–Crippen MR) is 87.3 cm³/mol. The minimum Gasteiger partial charge on any atom is -0.207 e. The number of benzene rings is 1. The van der Waals surface area contributed by atoms with E-state index in [1.807, 2.05) is 6.92 Å². The second-order valence-corrected chi connectivity index (χ2v) is 6.51. The quantitative estimate of drug-likeness (QED) is 0.573. The molecule has 0 saturated heterocycles. The Bertz CT molecular complexity index is 648. The molecule has 1 aromatic carbocycles. The lowest BCUT2D eigenvalue weighted by Crippen LogP contribution is -2.39. The molecule has 1 unspecified atom stereocenters. The lowest BCUT2D eigenvalue weighted by molar-refractivity contribution is 0.395. The van der Waals surface area contributed by atoms with Gasteiger partial charge in [0, 0.05) is 6.04 Å². The highest BCUT2D eigenvalue weighted by Gasteiger charge is 2.28. The maximum absolute atomic E-state index is 12.8. The fourth-order valence-electron chi connectivity index (χ4n) is 1.89. The third-order valence-electron chi connectivity index (χ3n) is 3.09. The van der Waals surface area contributed by atoms with Gasteiger partial charge in [-0.3, -0.25) is 0 Å². The van der Waals surface area contributed by atoms with Crippen LogP contribution in [-0.2, 0) is 10.0 Å². The number of hydrogen-bond donors (Lipinski definition) is 0. The first-order valence-corrected chi connectivity index (χ1v) is 8.13. The van der Waals surface area contributed by atoms with Crippen molar-refractivity contribution in [1.29, 1.82) is 0 Å². The van der Waals surface area contributed by atoms with E-state index in [9.17, 15) is 8.42 Å². The Morgan fingerprint density at radius 2 is 1.90 bits per heavy atom. The summed E-state index contributed by atoms with van der Waals surface area (Å²) in [6.07, 6.45) is 3.80. The molecule has 0 aliphatic heterocycles. The van der Waals surface area contributed by atoms with E-state index in [0.717, 1.165) is 5.56 Å². The number of nitrogens with zero attached hydrogens (tertiary/aromatic N) is 1. The normalized spacial score (nSPS) is 12.3. The van der Waals surface area contributed by atoms with Crippen molar-refractivity contribution >= 4 is 10.0 Å². The van der Waals surface area contributed by atoms with Crippen molar-refractivity contribution in [3.05, 3.63) is 55.1 Å². The molecule has 1 aromatic rings. The van der Waals surface area contributed by atoms with Crippen LogP contribution in [0.5, 0.6) is 0 Å². The van der Waals surface area contributed by atoms with Crippen molar-refractivity contribution in [2.45, 2.75) is 31.2 Å². The van der Waals surface area contributed by atoms with Gasteiger partial charge in [-0.15, -0.1) is 19.1 Å². The first-order valence-electron chi connectivity index (χ1n) is 6.69. The molecule has 21 heavy (non-hydrogen) atoms. The van der Waals surface area contributed by atoms with Crippen LogP contribution in [0.1, 0.15) is 18.9 Å². The Kier molecular flexibility index (Phi) is 6.41. The molecule has 0 N–H and O–H groups in total. The maximum atomic E-state index is 12.8. The van der Waals surface area contributed by atoms with Crippen LogP contribution in [0.4, 0.5) is 0 Å². The monoisotopic (exact) mass is 303 g/mol. The molecular weight excluding hydrogens is 282 g/mol. The lowest BCUT2D eigenvalue weighted by Gasteiger charge is -2.26. The standard InChI is InChI=1S/C17H21NO2S/c1-5-8-14-18(16(7-3)9-6-2)21(19,20)17-12-10-15(4)11-13-17/h6-7,10-13,16H,2-3,9,14H2,1,4H3. The SMILES string of the molecule is C=CCC(C=C)N(CC#CC)S(=O)(=O)c1ccc(C)cc1. The fourth-order valence-corrected chi connectivity index (χ4v) is 3.40. The summed E-state index contributed by atoms with van der Waals surface area (Å²) in [6, 6.07) is 6.45. The predicted octanol–water partition coefficient (Wildman–Crippen LogP) is 3.14. The molecule has 0 heterocycles. The van der Waals surface area contributed by atoms with E-state index in [4.69, 9.17) is 0 Å². The Morgan fingerprint density at radius 1 is 1.29 bits per heavy atom. The van der Waals surface area contributed by atoms with Gasteiger partial charge in [0.15, 0.2) is 0 Å². The van der Waals surface area contributed by atoms with Crippen molar-refractivity contribution in [2.24, 2.45) is 0 Å². The topological polar surface area (TPSA) is 37.4 Å². The summed E-state index contributed by atoms with van der Waals surface area (Å²) in [6.45, 7) is 11.1. The Hall–Kier alpha value is -1.83. The summed E-state index contributed by atoms with van der Waals surface area (Å²) in [5.41, 5.74) is 1.01. The van der Waals surface area contributed by atoms with Gasteiger partial charge in [-0.2, -0.15) is 4.31 Å². The molecule has 4 heteroatoms. The van der Waals surface area contributed by atoms with E-state index in [-0.39, 0.29) is 17.5 Å². The highest BCUT2D eigenvalue weighted by molar-refractivity contribution is 7.89. The smallest absolute Gasteiger partial charge is 0.207 e.